The predicted octanol–water partition coefficient (Wildman–Crippen LogP) is 2.62. The van der Waals surface area contributed by atoms with Crippen LogP contribution in [0.2, 0.25) is 0 Å². The zero-order valence-corrected chi connectivity index (χ0v) is 9.13. The van der Waals surface area contributed by atoms with Crippen LogP contribution in [0.3, 0.4) is 0 Å². The second kappa shape index (κ2) is 5.01. The number of hydrogen-bond acceptors (Lipinski definition) is 2. The summed E-state index contributed by atoms with van der Waals surface area (Å²) in [6, 6.07) is 1.33. The maximum absolute atomic E-state index is 12.8. The maximum atomic E-state index is 12.8. The number of alkyl halides is 3. The summed E-state index contributed by atoms with van der Waals surface area (Å²) in [5.74, 6) is -1.00. The lowest BCUT2D eigenvalue weighted by Crippen LogP contribution is -2.29. The Morgan fingerprint density at radius 1 is 1.35 bits per heavy atom. The molecule has 0 aliphatic heterocycles. The number of aliphatic hydroxyl groups excluding tert-OH is 1. The van der Waals surface area contributed by atoms with Crippen molar-refractivity contribution in [1.29, 1.82) is 0 Å². The first-order chi connectivity index (χ1) is 7.77. The zero-order valence-electron chi connectivity index (χ0n) is 9.13. The minimum absolute atomic E-state index is 0.315. The van der Waals surface area contributed by atoms with E-state index in [-0.39, 0.29) is 0 Å². The summed E-state index contributed by atoms with van der Waals surface area (Å²) >= 11 is 0. The Kier molecular flexibility index (Phi) is 4.11. The third-order valence-electron chi connectivity index (χ3n) is 2.52. The van der Waals surface area contributed by atoms with Crippen molar-refractivity contribution in [3.63, 3.8) is 0 Å². The molecule has 2 atom stereocenters. The summed E-state index contributed by atoms with van der Waals surface area (Å²) < 4.78 is 50.7. The minimum atomic E-state index is -4.72. The average Bonchev–Trinajstić information content (AvgIpc) is 2.25. The van der Waals surface area contributed by atoms with Gasteiger partial charge in [0.1, 0.15) is 5.82 Å². The van der Waals surface area contributed by atoms with Gasteiger partial charge in [-0.05, 0) is 24.1 Å². The van der Waals surface area contributed by atoms with Crippen LogP contribution in [0.4, 0.5) is 17.6 Å². The van der Waals surface area contributed by atoms with Crippen LogP contribution in [0, 0.1) is 5.82 Å². The maximum Gasteiger partial charge on any atom is 0.416 e. The van der Waals surface area contributed by atoms with Crippen molar-refractivity contribution in [2.45, 2.75) is 31.7 Å². The van der Waals surface area contributed by atoms with E-state index >= 15 is 0 Å². The molecule has 3 N–H and O–H groups in total. The van der Waals surface area contributed by atoms with Crippen LogP contribution in [0.15, 0.2) is 18.2 Å². The highest BCUT2D eigenvalue weighted by molar-refractivity contribution is 5.33. The van der Waals surface area contributed by atoms with Crippen molar-refractivity contribution in [3.8, 4) is 0 Å². The molecule has 0 fully saturated rings. The topological polar surface area (TPSA) is 46.2 Å². The zero-order chi connectivity index (χ0) is 13.2. The molecule has 0 aliphatic carbocycles. The number of aliphatic hydroxyl groups is 1. The van der Waals surface area contributed by atoms with E-state index in [2.05, 4.69) is 0 Å². The molecule has 1 aromatic rings. The number of halogens is 4. The molecule has 17 heavy (non-hydrogen) atoms. The van der Waals surface area contributed by atoms with E-state index in [9.17, 15) is 22.7 Å². The second-order valence-electron chi connectivity index (χ2n) is 3.75. The quantitative estimate of drug-likeness (QED) is 0.811. The first kappa shape index (κ1) is 13.9. The second-order valence-corrected chi connectivity index (χ2v) is 3.75. The van der Waals surface area contributed by atoms with Gasteiger partial charge in [-0.2, -0.15) is 13.2 Å². The highest BCUT2D eigenvalue weighted by atomic mass is 19.4. The summed E-state index contributed by atoms with van der Waals surface area (Å²) in [6.45, 7) is 1.64. The minimum Gasteiger partial charge on any atom is -0.387 e. The van der Waals surface area contributed by atoms with E-state index in [0.717, 1.165) is 12.1 Å². The molecule has 0 bridgehead atoms. The summed E-state index contributed by atoms with van der Waals surface area (Å²) in [4.78, 5) is 0. The molecule has 0 saturated carbocycles. The Morgan fingerprint density at radius 3 is 2.41 bits per heavy atom. The van der Waals surface area contributed by atoms with Crippen LogP contribution >= 0.6 is 0 Å². The SMILES string of the molecule is CCC(N)C(O)c1ccc(F)cc1C(F)(F)F. The number of benzene rings is 1. The smallest absolute Gasteiger partial charge is 0.387 e. The fraction of sp³-hybridized carbons (Fsp3) is 0.455. The molecule has 96 valence electrons. The lowest BCUT2D eigenvalue weighted by atomic mass is 9.96. The molecule has 0 saturated heterocycles. The molecule has 6 heteroatoms. The van der Waals surface area contributed by atoms with Gasteiger partial charge in [0.2, 0.25) is 0 Å². The van der Waals surface area contributed by atoms with Crippen molar-refractivity contribution in [3.05, 3.63) is 35.1 Å². The van der Waals surface area contributed by atoms with Crippen LogP contribution < -0.4 is 5.73 Å². The molecule has 0 spiro atoms. The molecule has 1 aromatic carbocycles. The van der Waals surface area contributed by atoms with Gasteiger partial charge in [-0.15, -0.1) is 0 Å². The standard InChI is InChI=1S/C11H13F4NO/c1-2-9(16)10(17)7-4-3-6(12)5-8(7)11(13,14)15/h3-5,9-10,17H,2,16H2,1H3. The normalized spacial score (nSPS) is 15.7. The van der Waals surface area contributed by atoms with E-state index in [1.807, 2.05) is 0 Å². The van der Waals surface area contributed by atoms with Crippen molar-refractivity contribution in [2.75, 3.05) is 0 Å². The molecular weight excluding hydrogens is 238 g/mol. The largest absolute Gasteiger partial charge is 0.416 e. The van der Waals surface area contributed by atoms with Crippen LogP contribution in [-0.4, -0.2) is 11.1 Å². The van der Waals surface area contributed by atoms with Crippen molar-refractivity contribution in [2.24, 2.45) is 5.73 Å². The van der Waals surface area contributed by atoms with E-state index < -0.39 is 35.3 Å². The van der Waals surface area contributed by atoms with Gasteiger partial charge in [0.25, 0.3) is 0 Å². The lowest BCUT2D eigenvalue weighted by Gasteiger charge is -2.21. The number of nitrogens with two attached hydrogens (primary N) is 1. The monoisotopic (exact) mass is 251 g/mol. The predicted molar refractivity (Wildman–Crippen MR) is 54.6 cm³/mol. The first-order valence-corrected chi connectivity index (χ1v) is 5.07. The van der Waals surface area contributed by atoms with Crippen LogP contribution in [0.25, 0.3) is 0 Å². The molecule has 2 unspecified atom stereocenters. The Bertz CT molecular complexity index is 392. The third kappa shape index (κ3) is 3.17. The number of hydrogen-bond donors (Lipinski definition) is 2. The van der Waals surface area contributed by atoms with Crippen molar-refractivity contribution < 1.29 is 22.7 Å². The van der Waals surface area contributed by atoms with Crippen LogP contribution in [0.1, 0.15) is 30.6 Å². The molecular formula is C11H13F4NO. The Morgan fingerprint density at radius 2 is 1.94 bits per heavy atom. The first-order valence-electron chi connectivity index (χ1n) is 5.07. The van der Waals surface area contributed by atoms with E-state index in [1.54, 1.807) is 6.92 Å². The van der Waals surface area contributed by atoms with E-state index in [1.165, 1.54) is 0 Å². The van der Waals surface area contributed by atoms with Crippen LogP contribution in [-0.2, 0) is 6.18 Å². The number of rotatable bonds is 3. The fourth-order valence-corrected chi connectivity index (χ4v) is 1.49. The van der Waals surface area contributed by atoms with Gasteiger partial charge in [-0.25, -0.2) is 4.39 Å². The molecule has 0 heterocycles. The van der Waals surface area contributed by atoms with Gasteiger partial charge in [-0.1, -0.05) is 13.0 Å². The molecule has 0 radical (unpaired) electrons. The molecule has 0 amide bonds. The van der Waals surface area contributed by atoms with E-state index in [4.69, 9.17) is 5.73 Å². The molecule has 1 rings (SSSR count). The Labute approximate surface area is 96.1 Å². The lowest BCUT2D eigenvalue weighted by molar-refractivity contribution is -0.139. The summed E-state index contributed by atoms with van der Waals surface area (Å²) in [5.41, 5.74) is 3.91. The molecule has 0 aromatic heterocycles. The van der Waals surface area contributed by atoms with E-state index in [0.29, 0.717) is 12.5 Å². The van der Waals surface area contributed by atoms with Gasteiger partial charge >= 0.3 is 6.18 Å². The molecule has 2 nitrogen and oxygen atoms in total. The highest BCUT2D eigenvalue weighted by Gasteiger charge is 2.36. The van der Waals surface area contributed by atoms with Crippen LogP contribution in [0.5, 0.6) is 0 Å². The highest BCUT2D eigenvalue weighted by Crippen LogP contribution is 2.35. The van der Waals surface area contributed by atoms with Gasteiger partial charge < -0.3 is 10.8 Å². The van der Waals surface area contributed by atoms with Gasteiger partial charge in [0, 0.05) is 6.04 Å². The van der Waals surface area contributed by atoms with Gasteiger partial charge in [-0.3, -0.25) is 0 Å². The fourth-order valence-electron chi connectivity index (χ4n) is 1.49. The summed E-state index contributed by atoms with van der Waals surface area (Å²) in [6.07, 6.45) is -5.86. The van der Waals surface area contributed by atoms with Crippen molar-refractivity contribution >= 4 is 0 Å². The van der Waals surface area contributed by atoms with Gasteiger partial charge in [0.05, 0.1) is 11.7 Å². The Hall–Kier alpha value is -1.14. The third-order valence-corrected chi connectivity index (χ3v) is 2.52. The van der Waals surface area contributed by atoms with Gasteiger partial charge in [0.15, 0.2) is 0 Å². The average molecular weight is 251 g/mol. The Balaban J connectivity index is 3.24. The summed E-state index contributed by atoms with van der Waals surface area (Å²) in [5, 5.41) is 9.68. The molecule has 0 aliphatic rings. The summed E-state index contributed by atoms with van der Waals surface area (Å²) in [7, 11) is 0. The van der Waals surface area contributed by atoms with Crippen molar-refractivity contribution in [1.82, 2.24) is 0 Å².